The highest BCUT2D eigenvalue weighted by Crippen LogP contribution is 2.13. The van der Waals surface area contributed by atoms with Gasteiger partial charge in [0.15, 0.2) is 0 Å². The van der Waals surface area contributed by atoms with E-state index in [4.69, 9.17) is 0 Å². The summed E-state index contributed by atoms with van der Waals surface area (Å²) in [5, 5.41) is 2.99. The molecule has 0 saturated heterocycles. The van der Waals surface area contributed by atoms with E-state index in [2.05, 4.69) is 43.4 Å². The highest BCUT2D eigenvalue weighted by molar-refractivity contribution is 5.76. The smallest absolute Gasteiger partial charge is 0.220 e. The summed E-state index contributed by atoms with van der Waals surface area (Å²) in [5.74, 6) is 0.474. The van der Waals surface area contributed by atoms with Crippen molar-refractivity contribution in [3.05, 3.63) is 71.3 Å². The van der Waals surface area contributed by atoms with Crippen molar-refractivity contribution >= 4 is 5.91 Å². The Morgan fingerprint density at radius 1 is 1.00 bits per heavy atom. The van der Waals surface area contributed by atoms with E-state index in [1.54, 1.807) is 0 Å². The number of rotatable bonds is 6. The van der Waals surface area contributed by atoms with Crippen LogP contribution in [0.15, 0.2) is 54.6 Å². The molecule has 1 amide bonds. The summed E-state index contributed by atoms with van der Waals surface area (Å²) < 4.78 is 0. The lowest BCUT2D eigenvalue weighted by molar-refractivity contribution is -0.122. The Bertz CT molecular complexity index is 560. The van der Waals surface area contributed by atoms with E-state index in [-0.39, 0.29) is 5.91 Å². The Morgan fingerprint density at radius 2 is 1.67 bits per heavy atom. The van der Waals surface area contributed by atoms with Gasteiger partial charge in [-0.3, -0.25) is 4.79 Å². The van der Waals surface area contributed by atoms with Crippen molar-refractivity contribution in [2.45, 2.75) is 33.2 Å². The van der Waals surface area contributed by atoms with Crippen molar-refractivity contribution in [1.82, 2.24) is 5.32 Å². The number of amides is 1. The third kappa shape index (κ3) is 5.42. The average molecular weight is 281 g/mol. The van der Waals surface area contributed by atoms with Gasteiger partial charge in [0.2, 0.25) is 5.91 Å². The van der Waals surface area contributed by atoms with Crippen molar-refractivity contribution < 1.29 is 4.79 Å². The minimum atomic E-state index is 0.124. The van der Waals surface area contributed by atoms with E-state index in [9.17, 15) is 4.79 Å². The molecule has 0 fully saturated rings. The SMILES string of the molecule is Cc1ccc(CC(C)CC(=O)NCc2ccccc2)cc1. The normalized spacial score (nSPS) is 11.9. The van der Waals surface area contributed by atoms with E-state index in [1.807, 2.05) is 30.3 Å². The summed E-state index contributed by atoms with van der Waals surface area (Å²) in [5.41, 5.74) is 3.70. The summed E-state index contributed by atoms with van der Waals surface area (Å²) in [6.07, 6.45) is 1.51. The Balaban J connectivity index is 1.75. The van der Waals surface area contributed by atoms with Crippen molar-refractivity contribution in [2.75, 3.05) is 0 Å². The second kappa shape index (κ2) is 7.63. The van der Waals surface area contributed by atoms with E-state index >= 15 is 0 Å². The van der Waals surface area contributed by atoms with Gasteiger partial charge < -0.3 is 5.32 Å². The molecule has 1 unspecified atom stereocenters. The summed E-state index contributed by atoms with van der Waals surface area (Å²) >= 11 is 0. The van der Waals surface area contributed by atoms with E-state index in [0.717, 1.165) is 12.0 Å². The minimum Gasteiger partial charge on any atom is -0.352 e. The zero-order valence-corrected chi connectivity index (χ0v) is 12.8. The summed E-state index contributed by atoms with van der Waals surface area (Å²) in [4.78, 5) is 12.0. The Kier molecular flexibility index (Phi) is 5.56. The Labute approximate surface area is 127 Å². The van der Waals surface area contributed by atoms with Gasteiger partial charge in [-0.1, -0.05) is 67.1 Å². The maximum Gasteiger partial charge on any atom is 0.220 e. The van der Waals surface area contributed by atoms with Crippen LogP contribution < -0.4 is 5.32 Å². The van der Waals surface area contributed by atoms with Gasteiger partial charge in [-0.15, -0.1) is 0 Å². The molecule has 0 aliphatic heterocycles. The van der Waals surface area contributed by atoms with Crippen molar-refractivity contribution in [3.8, 4) is 0 Å². The number of carbonyl (C=O) groups excluding carboxylic acids is 1. The maximum atomic E-state index is 12.0. The largest absolute Gasteiger partial charge is 0.352 e. The van der Waals surface area contributed by atoms with Gasteiger partial charge in [-0.25, -0.2) is 0 Å². The van der Waals surface area contributed by atoms with Crippen LogP contribution in [0.5, 0.6) is 0 Å². The Morgan fingerprint density at radius 3 is 2.33 bits per heavy atom. The standard InChI is InChI=1S/C19H23NO/c1-15-8-10-17(11-9-15)12-16(2)13-19(21)20-14-18-6-4-3-5-7-18/h3-11,16H,12-14H2,1-2H3,(H,20,21). The van der Waals surface area contributed by atoms with Crippen LogP contribution in [0.3, 0.4) is 0 Å². The molecule has 1 atom stereocenters. The van der Waals surface area contributed by atoms with Crippen LogP contribution in [0.2, 0.25) is 0 Å². The molecule has 2 nitrogen and oxygen atoms in total. The molecule has 0 spiro atoms. The first-order valence-corrected chi connectivity index (χ1v) is 7.49. The van der Waals surface area contributed by atoms with Gasteiger partial charge in [0, 0.05) is 13.0 Å². The fraction of sp³-hybridized carbons (Fsp3) is 0.316. The molecule has 2 heteroatoms. The van der Waals surface area contributed by atoms with E-state index in [0.29, 0.717) is 18.9 Å². The van der Waals surface area contributed by atoms with Crippen LogP contribution in [0, 0.1) is 12.8 Å². The predicted molar refractivity (Wildman–Crippen MR) is 87.0 cm³/mol. The summed E-state index contributed by atoms with van der Waals surface area (Å²) in [6.45, 7) is 4.82. The molecule has 21 heavy (non-hydrogen) atoms. The van der Waals surface area contributed by atoms with Gasteiger partial charge in [0.1, 0.15) is 0 Å². The molecule has 0 heterocycles. The van der Waals surface area contributed by atoms with E-state index in [1.165, 1.54) is 11.1 Å². The number of carbonyl (C=O) groups is 1. The second-order valence-electron chi connectivity index (χ2n) is 5.76. The van der Waals surface area contributed by atoms with E-state index < -0.39 is 0 Å². The van der Waals surface area contributed by atoms with Gasteiger partial charge >= 0.3 is 0 Å². The van der Waals surface area contributed by atoms with Crippen molar-refractivity contribution in [3.63, 3.8) is 0 Å². The molecular formula is C19H23NO. The van der Waals surface area contributed by atoms with Gasteiger partial charge in [-0.2, -0.15) is 0 Å². The molecule has 2 aromatic carbocycles. The van der Waals surface area contributed by atoms with Gasteiger partial charge in [0.25, 0.3) is 0 Å². The van der Waals surface area contributed by atoms with Crippen LogP contribution in [-0.4, -0.2) is 5.91 Å². The molecule has 0 aliphatic carbocycles. The third-order valence-corrected chi connectivity index (χ3v) is 3.57. The maximum absolute atomic E-state index is 12.0. The number of aryl methyl sites for hydroxylation is 1. The predicted octanol–water partition coefficient (Wildman–Crippen LogP) is 3.88. The molecule has 0 aliphatic rings. The lowest BCUT2D eigenvalue weighted by atomic mass is 9.97. The number of benzene rings is 2. The van der Waals surface area contributed by atoms with Crippen LogP contribution in [0.25, 0.3) is 0 Å². The average Bonchev–Trinajstić information content (AvgIpc) is 2.48. The Hall–Kier alpha value is -2.09. The monoisotopic (exact) mass is 281 g/mol. The minimum absolute atomic E-state index is 0.124. The third-order valence-electron chi connectivity index (χ3n) is 3.57. The van der Waals surface area contributed by atoms with Crippen LogP contribution in [0.4, 0.5) is 0 Å². The first kappa shape index (κ1) is 15.3. The molecule has 0 bridgehead atoms. The number of hydrogen-bond acceptors (Lipinski definition) is 1. The van der Waals surface area contributed by atoms with Gasteiger partial charge in [0.05, 0.1) is 0 Å². The van der Waals surface area contributed by atoms with Gasteiger partial charge in [-0.05, 0) is 30.4 Å². The molecular weight excluding hydrogens is 258 g/mol. The molecule has 2 rings (SSSR count). The molecule has 0 saturated carbocycles. The zero-order chi connectivity index (χ0) is 15.1. The molecule has 1 N–H and O–H groups in total. The van der Waals surface area contributed by atoms with Crippen molar-refractivity contribution in [1.29, 1.82) is 0 Å². The van der Waals surface area contributed by atoms with Crippen LogP contribution in [-0.2, 0) is 17.8 Å². The molecule has 0 radical (unpaired) electrons. The number of hydrogen-bond donors (Lipinski definition) is 1. The summed E-state index contributed by atoms with van der Waals surface area (Å²) in [7, 11) is 0. The fourth-order valence-electron chi connectivity index (χ4n) is 2.38. The highest BCUT2D eigenvalue weighted by Gasteiger charge is 2.09. The highest BCUT2D eigenvalue weighted by atomic mass is 16.1. The first-order chi connectivity index (χ1) is 10.1. The molecule has 2 aromatic rings. The fourth-order valence-corrected chi connectivity index (χ4v) is 2.38. The second-order valence-corrected chi connectivity index (χ2v) is 5.76. The topological polar surface area (TPSA) is 29.1 Å². The quantitative estimate of drug-likeness (QED) is 0.855. The van der Waals surface area contributed by atoms with Crippen LogP contribution in [0.1, 0.15) is 30.0 Å². The molecule has 0 aromatic heterocycles. The first-order valence-electron chi connectivity index (χ1n) is 7.49. The zero-order valence-electron chi connectivity index (χ0n) is 12.8. The van der Waals surface area contributed by atoms with Crippen LogP contribution >= 0.6 is 0 Å². The lowest BCUT2D eigenvalue weighted by Crippen LogP contribution is -2.25. The lowest BCUT2D eigenvalue weighted by Gasteiger charge is -2.12. The number of nitrogens with one attached hydrogen (secondary N) is 1. The van der Waals surface area contributed by atoms with Crippen molar-refractivity contribution in [2.24, 2.45) is 5.92 Å². The summed E-state index contributed by atoms with van der Waals surface area (Å²) in [6, 6.07) is 18.5. The molecule has 110 valence electrons.